The molecule has 0 saturated heterocycles. The third-order valence-electron chi connectivity index (χ3n) is 4.95. The molecule has 7 nitrogen and oxygen atoms in total. The van der Waals surface area contributed by atoms with Crippen LogP contribution in [0.25, 0.3) is 10.8 Å². The number of carbonyl (C=O) groups excluding carboxylic acids is 1. The first-order valence-corrected chi connectivity index (χ1v) is 9.63. The molecule has 0 spiro atoms. The SMILES string of the molecule is C=CCC(O)(CC=C)C(C)NC(=O)c1cc(COc2cccc3cnccc23)on1. The quantitative estimate of drug-likeness (QED) is 0.496. The molecule has 0 fully saturated rings. The molecule has 7 heteroatoms. The van der Waals surface area contributed by atoms with Gasteiger partial charge in [-0.15, -0.1) is 13.2 Å². The van der Waals surface area contributed by atoms with Crippen LogP contribution in [0.15, 0.2) is 72.6 Å². The van der Waals surface area contributed by atoms with Gasteiger partial charge in [-0.25, -0.2) is 0 Å². The first kappa shape index (κ1) is 21.3. The molecule has 3 aromatic rings. The van der Waals surface area contributed by atoms with Crippen molar-refractivity contribution in [2.45, 2.75) is 38.0 Å². The number of hydrogen-bond donors (Lipinski definition) is 2. The van der Waals surface area contributed by atoms with Gasteiger partial charge in [-0.2, -0.15) is 0 Å². The van der Waals surface area contributed by atoms with Crippen molar-refractivity contribution in [2.24, 2.45) is 0 Å². The largest absolute Gasteiger partial charge is 0.485 e. The van der Waals surface area contributed by atoms with E-state index in [4.69, 9.17) is 9.26 Å². The summed E-state index contributed by atoms with van der Waals surface area (Å²) in [6.45, 7) is 9.17. The Morgan fingerprint density at radius 2 is 2.10 bits per heavy atom. The van der Waals surface area contributed by atoms with Gasteiger partial charge >= 0.3 is 0 Å². The lowest BCUT2D eigenvalue weighted by Gasteiger charge is -2.32. The van der Waals surface area contributed by atoms with Crippen LogP contribution in [0.1, 0.15) is 36.0 Å². The normalized spacial score (nSPS) is 12.3. The topological polar surface area (TPSA) is 97.5 Å². The number of aromatic nitrogens is 2. The van der Waals surface area contributed by atoms with Crippen molar-refractivity contribution in [1.82, 2.24) is 15.5 Å². The van der Waals surface area contributed by atoms with E-state index < -0.39 is 17.6 Å². The fourth-order valence-corrected chi connectivity index (χ4v) is 3.20. The minimum atomic E-state index is -1.17. The molecule has 30 heavy (non-hydrogen) atoms. The number of ether oxygens (including phenoxy) is 1. The Bertz CT molecular complexity index is 1030. The number of nitrogens with one attached hydrogen (secondary N) is 1. The molecule has 1 atom stereocenters. The Kier molecular flexibility index (Phi) is 6.64. The van der Waals surface area contributed by atoms with E-state index in [2.05, 4.69) is 28.6 Å². The number of aliphatic hydroxyl groups is 1. The van der Waals surface area contributed by atoms with Crippen LogP contribution < -0.4 is 10.1 Å². The van der Waals surface area contributed by atoms with E-state index in [1.165, 1.54) is 6.07 Å². The van der Waals surface area contributed by atoms with E-state index in [9.17, 15) is 9.90 Å². The Labute approximate surface area is 175 Å². The van der Waals surface area contributed by atoms with E-state index in [0.717, 1.165) is 10.8 Å². The van der Waals surface area contributed by atoms with E-state index in [-0.39, 0.29) is 12.3 Å². The van der Waals surface area contributed by atoms with Crippen molar-refractivity contribution in [3.8, 4) is 5.75 Å². The van der Waals surface area contributed by atoms with Crippen LogP contribution in [0.5, 0.6) is 5.75 Å². The average molecular weight is 407 g/mol. The molecule has 1 amide bonds. The standard InChI is InChI=1S/C23H25N3O4/c1-4-10-23(28,11-5-2)16(3)25-22(27)20-13-18(30-26-20)15-29-21-8-6-7-17-14-24-12-9-19(17)21/h4-9,12-14,16,28H,1-2,10-11,15H2,3H3,(H,25,27). The van der Waals surface area contributed by atoms with Crippen molar-refractivity contribution in [2.75, 3.05) is 0 Å². The van der Waals surface area contributed by atoms with Crippen molar-refractivity contribution in [3.63, 3.8) is 0 Å². The molecule has 2 heterocycles. The van der Waals surface area contributed by atoms with Crippen LogP contribution in [-0.4, -0.2) is 32.8 Å². The second kappa shape index (κ2) is 9.37. The van der Waals surface area contributed by atoms with Crippen molar-refractivity contribution >= 4 is 16.7 Å². The molecule has 1 aromatic carbocycles. The summed E-state index contributed by atoms with van der Waals surface area (Å²) in [4.78, 5) is 16.6. The first-order chi connectivity index (χ1) is 14.5. The molecular formula is C23H25N3O4. The lowest BCUT2D eigenvalue weighted by molar-refractivity contribution is 0.0126. The van der Waals surface area contributed by atoms with Gasteiger partial charge in [-0.05, 0) is 31.9 Å². The molecule has 2 N–H and O–H groups in total. The zero-order valence-electron chi connectivity index (χ0n) is 16.9. The van der Waals surface area contributed by atoms with Crippen molar-refractivity contribution in [3.05, 3.63) is 79.5 Å². The van der Waals surface area contributed by atoms with Crippen molar-refractivity contribution in [1.29, 1.82) is 0 Å². The maximum absolute atomic E-state index is 12.5. The van der Waals surface area contributed by atoms with Gasteiger partial charge in [-0.3, -0.25) is 9.78 Å². The fourth-order valence-electron chi connectivity index (χ4n) is 3.20. The molecule has 1 unspecified atom stereocenters. The van der Waals surface area contributed by atoms with Gasteiger partial charge in [0.05, 0.1) is 11.6 Å². The summed E-state index contributed by atoms with van der Waals surface area (Å²) in [7, 11) is 0. The van der Waals surface area contributed by atoms with Gasteiger partial charge in [0.1, 0.15) is 12.4 Å². The Morgan fingerprint density at radius 3 is 2.83 bits per heavy atom. The van der Waals surface area contributed by atoms with Gasteiger partial charge in [0.25, 0.3) is 5.91 Å². The minimum absolute atomic E-state index is 0.113. The highest BCUT2D eigenvalue weighted by Crippen LogP contribution is 2.25. The second-order valence-electron chi connectivity index (χ2n) is 7.10. The van der Waals surface area contributed by atoms with Gasteiger partial charge in [0.15, 0.2) is 11.5 Å². The van der Waals surface area contributed by atoms with Crippen molar-refractivity contribution < 1.29 is 19.2 Å². The summed E-state index contributed by atoms with van der Waals surface area (Å²) >= 11 is 0. The number of pyridine rings is 1. The van der Waals surface area contributed by atoms with Gasteiger partial charge in [0.2, 0.25) is 0 Å². The molecule has 0 aliphatic heterocycles. The molecule has 0 bridgehead atoms. The zero-order valence-corrected chi connectivity index (χ0v) is 16.9. The van der Waals surface area contributed by atoms with Gasteiger partial charge in [-0.1, -0.05) is 29.4 Å². The molecule has 0 aliphatic rings. The molecule has 0 radical (unpaired) electrons. The van der Waals surface area contributed by atoms with Crippen LogP contribution in [0.4, 0.5) is 0 Å². The number of benzene rings is 1. The fraction of sp³-hybridized carbons (Fsp3) is 0.261. The van der Waals surface area contributed by atoms with Crippen LogP contribution in [0.3, 0.4) is 0 Å². The number of carbonyl (C=O) groups is 1. The second-order valence-corrected chi connectivity index (χ2v) is 7.10. The predicted octanol–water partition coefficient (Wildman–Crippen LogP) is 3.80. The van der Waals surface area contributed by atoms with Gasteiger partial charge < -0.3 is 19.7 Å². The Morgan fingerprint density at radius 1 is 1.33 bits per heavy atom. The van der Waals surface area contributed by atoms with E-state index in [0.29, 0.717) is 24.4 Å². The smallest absolute Gasteiger partial charge is 0.273 e. The summed E-state index contributed by atoms with van der Waals surface area (Å²) < 4.78 is 11.1. The number of rotatable bonds is 10. The highest BCUT2D eigenvalue weighted by molar-refractivity contribution is 5.92. The highest BCUT2D eigenvalue weighted by atomic mass is 16.5. The molecule has 156 valence electrons. The summed E-state index contributed by atoms with van der Waals surface area (Å²) in [6, 6.07) is 8.55. The first-order valence-electron chi connectivity index (χ1n) is 9.63. The average Bonchev–Trinajstić information content (AvgIpc) is 3.22. The minimum Gasteiger partial charge on any atom is -0.485 e. The molecular weight excluding hydrogens is 382 g/mol. The molecule has 0 aliphatic carbocycles. The van der Waals surface area contributed by atoms with Gasteiger partial charge in [0, 0.05) is 29.2 Å². The third kappa shape index (κ3) is 4.75. The summed E-state index contributed by atoms with van der Waals surface area (Å²) in [6.07, 6.45) is 7.33. The monoisotopic (exact) mass is 407 g/mol. The number of nitrogens with zero attached hydrogens (tertiary/aromatic N) is 2. The maximum Gasteiger partial charge on any atom is 0.273 e. The third-order valence-corrected chi connectivity index (χ3v) is 4.95. The summed E-state index contributed by atoms with van der Waals surface area (Å²) in [5, 5.41) is 19.2. The highest BCUT2D eigenvalue weighted by Gasteiger charge is 2.33. The van der Waals surface area contributed by atoms with Crippen LogP contribution in [-0.2, 0) is 6.61 Å². The summed E-state index contributed by atoms with van der Waals surface area (Å²) in [5.74, 6) is 0.649. The number of hydrogen-bond acceptors (Lipinski definition) is 6. The molecule has 3 rings (SSSR count). The van der Waals surface area contributed by atoms with Crippen LogP contribution >= 0.6 is 0 Å². The van der Waals surface area contributed by atoms with E-state index in [1.807, 2.05) is 24.3 Å². The lowest BCUT2D eigenvalue weighted by Crippen LogP contribution is -2.50. The molecule has 0 saturated carbocycles. The maximum atomic E-state index is 12.5. The van der Waals surface area contributed by atoms with Crippen LogP contribution in [0, 0.1) is 0 Å². The predicted molar refractivity (Wildman–Crippen MR) is 114 cm³/mol. The summed E-state index contributed by atoms with van der Waals surface area (Å²) in [5.41, 5.74) is -1.06. The lowest BCUT2D eigenvalue weighted by atomic mass is 9.88. The molecule has 2 aromatic heterocycles. The number of fused-ring (bicyclic) bond motifs is 1. The number of amides is 1. The van der Waals surface area contributed by atoms with E-state index >= 15 is 0 Å². The Balaban J connectivity index is 1.64. The zero-order chi connectivity index (χ0) is 21.6. The Hall–Kier alpha value is -3.45. The van der Waals surface area contributed by atoms with Crippen LogP contribution in [0.2, 0.25) is 0 Å². The van der Waals surface area contributed by atoms with E-state index in [1.54, 1.807) is 31.5 Å².